The lowest BCUT2D eigenvalue weighted by molar-refractivity contribution is 0.123. The topological polar surface area (TPSA) is 80.4 Å². The van der Waals surface area contributed by atoms with Crippen LogP contribution in [0.15, 0.2) is 0 Å². The van der Waals surface area contributed by atoms with Gasteiger partial charge >= 0.3 is 0 Å². The first-order chi connectivity index (χ1) is 7.79. The maximum absolute atomic E-state index is 11.3. The van der Waals surface area contributed by atoms with E-state index in [1.54, 1.807) is 6.92 Å². The zero-order valence-corrected chi connectivity index (χ0v) is 11.8. The Bertz CT molecular complexity index is 342. The summed E-state index contributed by atoms with van der Waals surface area (Å²) < 4.78 is 31.7. The zero-order valence-electron chi connectivity index (χ0n) is 11.0. The van der Waals surface area contributed by atoms with Crippen molar-refractivity contribution in [3.63, 3.8) is 0 Å². The van der Waals surface area contributed by atoms with Crippen LogP contribution in [0.5, 0.6) is 0 Å². The summed E-state index contributed by atoms with van der Waals surface area (Å²) in [5, 5.41) is -0.759. The summed E-state index contributed by atoms with van der Waals surface area (Å²) in [5.74, 6) is 1.25. The summed E-state index contributed by atoms with van der Waals surface area (Å²) in [7, 11) is -3.98. The third-order valence-corrected chi connectivity index (χ3v) is 5.95. The van der Waals surface area contributed by atoms with Crippen LogP contribution in [0.3, 0.4) is 0 Å². The van der Waals surface area contributed by atoms with Gasteiger partial charge in [-0.3, -0.25) is 4.55 Å². The molecule has 1 aliphatic rings. The van der Waals surface area contributed by atoms with Gasteiger partial charge in [0.1, 0.15) is 0 Å². The lowest BCUT2D eigenvalue weighted by atomic mass is 9.68. The molecule has 0 bridgehead atoms. The first-order valence-electron chi connectivity index (χ1n) is 6.45. The molecule has 1 fully saturated rings. The van der Waals surface area contributed by atoms with Crippen molar-refractivity contribution in [1.29, 1.82) is 0 Å². The Kier molecular flexibility index (Phi) is 4.98. The van der Waals surface area contributed by atoms with Crippen molar-refractivity contribution in [3.05, 3.63) is 0 Å². The smallest absolute Gasteiger partial charge is 0.267 e. The molecule has 3 N–H and O–H groups in total. The third kappa shape index (κ3) is 3.42. The molecular weight excluding hydrogens is 238 g/mol. The molecule has 1 rings (SSSR count). The Morgan fingerprint density at radius 1 is 1.35 bits per heavy atom. The highest BCUT2D eigenvalue weighted by atomic mass is 32.2. The fraction of sp³-hybridized carbons (Fsp3) is 1.00. The Labute approximate surface area is 105 Å². The first-order valence-corrected chi connectivity index (χ1v) is 7.95. The molecule has 1 saturated carbocycles. The molecule has 0 saturated heterocycles. The molecule has 5 atom stereocenters. The van der Waals surface area contributed by atoms with Crippen LogP contribution < -0.4 is 5.73 Å². The van der Waals surface area contributed by atoms with Crippen molar-refractivity contribution in [1.82, 2.24) is 0 Å². The molecule has 4 nitrogen and oxygen atoms in total. The molecule has 0 amide bonds. The van der Waals surface area contributed by atoms with Crippen LogP contribution >= 0.6 is 0 Å². The maximum atomic E-state index is 11.3. The Morgan fingerprint density at radius 3 is 2.41 bits per heavy atom. The van der Waals surface area contributed by atoms with Crippen molar-refractivity contribution < 1.29 is 13.0 Å². The Hall–Kier alpha value is -0.130. The molecule has 0 aromatic heterocycles. The van der Waals surface area contributed by atoms with E-state index in [0.29, 0.717) is 24.3 Å². The summed E-state index contributed by atoms with van der Waals surface area (Å²) in [5.41, 5.74) is 5.73. The predicted octanol–water partition coefficient (Wildman–Crippen LogP) is 1.91. The SMILES string of the molecule is CC1CCCC(C(CN)C(C)S(=O)(=O)O)C1C. The van der Waals surface area contributed by atoms with Gasteiger partial charge in [-0.05, 0) is 43.6 Å². The molecule has 5 heteroatoms. The van der Waals surface area contributed by atoms with E-state index in [9.17, 15) is 13.0 Å². The highest BCUT2D eigenvalue weighted by molar-refractivity contribution is 7.86. The monoisotopic (exact) mass is 263 g/mol. The van der Waals surface area contributed by atoms with Gasteiger partial charge in [0.05, 0.1) is 5.25 Å². The molecule has 0 radical (unpaired) electrons. The van der Waals surface area contributed by atoms with E-state index in [2.05, 4.69) is 13.8 Å². The van der Waals surface area contributed by atoms with Gasteiger partial charge < -0.3 is 5.73 Å². The van der Waals surface area contributed by atoms with Crippen molar-refractivity contribution in [2.24, 2.45) is 29.4 Å². The second-order valence-corrected chi connectivity index (χ2v) is 7.32. The summed E-state index contributed by atoms with van der Waals surface area (Å²) in [6.45, 7) is 6.28. The van der Waals surface area contributed by atoms with Crippen LogP contribution in [0.25, 0.3) is 0 Å². The van der Waals surface area contributed by atoms with Gasteiger partial charge in [-0.2, -0.15) is 8.42 Å². The van der Waals surface area contributed by atoms with Crippen molar-refractivity contribution >= 4 is 10.1 Å². The Morgan fingerprint density at radius 2 is 1.94 bits per heavy atom. The number of rotatable bonds is 4. The Balaban J connectivity index is 2.86. The van der Waals surface area contributed by atoms with Gasteiger partial charge in [-0.15, -0.1) is 0 Å². The largest absolute Gasteiger partial charge is 0.330 e. The van der Waals surface area contributed by atoms with Gasteiger partial charge in [0.15, 0.2) is 0 Å². The summed E-state index contributed by atoms with van der Waals surface area (Å²) >= 11 is 0. The van der Waals surface area contributed by atoms with Crippen molar-refractivity contribution in [2.75, 3.05) is 6.54 Å². The molecule has 0 heterocycles. The van der Waals surface area contributed by atoms with Crippen LogP contribution in [0.2, 0.25) is 0 Å². The highest BCUT2D eigenvalue weighted by Gasteiger charge is 2.38. The highest BCUT2D eigenvalue weighted by Crippen LogP contribution is 2.40. The van der Waals surface area contributed by atoms with Gasteiger partial charge in [-0.25, -0.2) is 0 Å². The van der Waals surface area contributed by atoms with E-state index in [0.717, 1.165) is 12.8 Å². The van der Waals surface area contributed by atoms with Crippen LogP contribution in [-0.2, 0) is 10.1 Å². The quantitative estimate of drug-likeness (QED) is 0.759. The molecule has 0 aliphatic heterocycles. The predicted molar refractivity (Wildman–Crippen MR) is 69.2 cm³/mol. The minimum Gasteiger partial charge on any atom is -0.330 e. The van der Waals surface area contributed by atoms with Gasteiger partial charge in [0.25, 0.3) is 10.1 Å². The lowest BCUT2D eigenvalue weighted by Gasteiger charge is -2.40. The second kappa shape index (κ2) is 5.67. The van der Waals surface area contributed by atoms with Crippen LogP contribution in [0.1, 0.15) is 40.0 Å². The normalized spacial score (nSPS) is 34.3. The molecular formula is C12H25NO3S. The molecule has 0 aromatic carbocycles. The average Bonchev–Trinajstić information content (AvgIpc) is 2.23. The maximum Gasteiger partial charge on any atom is 0.267 e. The van der Waals surface area contributed by atoms with Crippen LogP contribution in [0, 0.1) is 23.7 Å². The van der Waals surface area contributed by atoms with Crippen molar-refractivity contribution in [3.8, 4) is 0 Å². The second-order valence-electron chi connectivity index (χ2n) is 5.55. The number of hydrogen-bond donors (Lipinski definition) is 2. The fourth-order valence-electron chi connectivity index (χ4n) is 3.16. The van der Waals surface area contributed by atoms with Gasteiger partial charge in [0, 0.05) is 0 Å². The average molecular weight is 263 g/mol. The molecule has 0 aromatic rings. The molecule has 102 valence electrons. The number of hydrogen-bond acceptors (Lipinski definition) is 3. The molecule has 1 aliphatic carbocycles. The lowest BCUT2D eigenvalue weighted by Crippen LogP contribution is -2.42. The number of nitrogens with two attached hydrogens (primary N) is 1. The summed E-state index contributed by atoms with van der Waals surface area (Å²) in [6, 6.07) is 0. The minimum atomic E-state index is -3.98. The fourth-order valence-corrected chi connectivity index (χ4v) is 3.92. The molecule has 5 unspecified atom stereocenters. The van der Waals surface area contributed by atoms with E-state index in [4.69, 9.17) is 5.73 Å². The first kappa shape index (κ1) is 14.9. The van der Waals surface area contributed by atoms with E-state index in [-0.39, 0.29) is 5.92 Å². The molecule has 0 spiro atoms. The summed E-state index contributed by atoms with van der Waals surface area (Å²) in [6.07, 6.45) is 3.35. The molecule has 17 heavy (non-hydrogen) atoms. The van der Waals surface area contributed by atoms with Crippen LogP contribution in [0.4, 0.5) is 0 Å². The van der Waals surface area contributed by atoms with Crippen molar-refractivity contribution in [2.45, 2.75) is 45.3 Å². The van der Waals surface area contributed by atoms with E-state index >= 15 is 0 Å². The van der Waals surface area contributed by atoms with E-state index in [1.807, 2.05) is 0 Å². The van der Waals surface area contributed by atoms with E-state index < -0.39 is 15.4 Å². The van der Waals surface area contributed by atoms with Gasteiger partial charge in [-0.1, -0.05) is 26.7 Å². The summed E-state index contributed by atoms with van der Waals surface area (Å²) in [4.78, 5) is 0. The third-order valence-electron chi connectivity index (χ3n) is 4.66. The van der Waals surface area contributed by atoms with Crippen LogP contribution in [-0.4, -0.2) is 24.8 Å². The standard InChI is InChI=1S/C12H25NO3S/c1-8-5-4-6-11(9(8)2)12(7-13)10(3)17(14,15)16/h8-12H,4-7,13H2,1-3H3,(H,14,15,16). The minimum absolute atomic E-state index is 0.136. The van der Waals surface area contributed by atoms with Gasteiger partial charge in [0.2, 0.25) is 0 Å². The van der Waals surface area contributed by atoms with E-state index in [1.165, 1.54) is 6.42 Å². The zero-order chi connectivity index (χ0) is 13.2.